The van der Waals surface area contributed by atoms with Crippen molar-refractivity contribution in [3.63, 3.8) is 0 Å². The van der Waals surface area contributed by atoms with Crippen molar-refractivity contribution in [3.05, 3.63) is 24.3 Å². The molecule has 0 N–H and O–H groups in total. The lowest BCUT2D eigenvalue weighted by atomic mass is 9.97. The molecule has 1 amide bonds. The maximum atomic E-state index is 12.2. The Morgan fingerprint density at radius 3 is 2.39 bits per heavy atom. The highest BCUT2D eigenvalue weighted by Crippen LogP contribution is 2.25. The van der Waals surface area contributed by atoms with Gasteiger partial charge in [0.2, 0.25) is 0 Å². The van der Waals surface area contributed by atoms with Crippen LogP contribution in [-0.2, 0) is 23.9 Å². The molecule has 8 nitrogen and oxygen atoms in total. The van der Waals surface area contributed by atoms with Crippen molar-refractivity contribution in [2.24, 2.45) is 5.92 Å². The molecule has 0 unspecified atom stereocenters. The van der Waals surface area contributed by atoms with Crippen LogP contribution in [0.4, 0.5) is 0 Å². The number of hydrogen-bond donors (Lipinski definition) is 0. The Kier molecular flexibility index (Phi) is 8.58. The quantitative estimate of drug-likeness (QED) is 0.591. The van der Waals surface area contributed by atoms with Gasteiger partial charge in [-0.05, 0) is 31.9 Å². The van der Waals surface area contributed by atoms with E-state index in [4.69, 9.17) is 18.9 Å². The van der Waals surface area contributed by atoms with Crippen molar-refractivity contribution in [3.8, 4) is 11.5 Å². The van der Waals surface area contributed by atoms with Crippen molar-refractivity contribution >= 4 is 17.8 Å². The van der Waals surface area contributed by atoms with Crippen molar-refractivity contribution in [1.82, 2.24) is 4.90 Å². The summed E-state index contributed by atoms with van der Waals surface area (Å²) < 4.78 is 20.7. The van der Waals surface area contributed by atoms with E-state index in [1.807, 2.05) is 6.07 Å². The number of benzene rings is 1. The van der Waals surface area contributed by atoms with Gasteiger partial charge < -0.3 is 23.8 Å². The highest BCUT2D eigenvalue weighted by molar-refractivity contribution is 5.81. The molecule has 1 fully saturated rings. The summed E-state index contributed by atoms with van der Waals surface area (Å²) in [4.78, 5) is 37.3. The lowest BCUT2D eigenvalue weighted by Crippen LogP contribution is -2.42. The average Bonchev–Trinajstić information content (AvgIpc) is 2.72. The molecule has 0 aromatic heterocycles. The molecule has 1 saturated heterocycles. The number of nitrogens with zero attached hydrogens (tertiary/aromatic N) is 1. The van der Waals surface area contributed by atoms with Crippen LogP contribution >= 0.6 is 0 Å². The number of rotatable bonds is 9. The van der Waals surface area contributed by atoms with Gasteiger partial charge in [-0.15, -0.1) is 0 Å². The molecule has 0 spiro atoms. The second-order valence-corrected chi connectivity index (χ2v) is 6.32. The monoisotopic (exact) mass is 393 g/mol. The molecule has 0 bridgehead atoms. The number of hydrogen-bond acceptors (Lipinski definition) is 7. The number of ether oxygens (including phenoxy) is 4. The van der Waals surface area contributed by atoms with E-state index in [1.54, 1.807) is 30.0 Å². The lowest BCUT2D eigenvalue weighted by Gasteiger charge is -2.30. The van der Waals surface area contributed by atoms with Crippen LogP contribution < -0.4 is 9.47 Å². The number of amides is 1. The Balaban J connectivity index is 1.64. The van der Waals surface area contributed by atoms with Gasteiger partial charge in [-0.25, -0.2) is 0 Å². The molecular formula is C20H27NO7. The molecule has 0 atom stereocenters. The number of piperidine rings is 1. The van der Waals surface area contributed by atoms with Gasteiger partial charge >= 0.3 is 11.9 Å². The van der Waals surface area contributed by atoms with Gasteiger partial charge in [-0.3, -0.25) is 14.4 Å². The lowest BCUT2D eigenvalue weighted by molar-refractivity contribution is -0.155. The second-order valence-electron chi connectivity index (χ2n) is 6.32. The van der Waals surface area contributed by atoms with Gasteiger partial charge in [0, 0.05) is 13.1 Å². The first-order chi connectivity index (χ1) is 13.5. The first-order valence-electron chi connectivity index (χ1n) is 9.41. The van der Waals surface area contributed by atoms with Crippen LogP contribution in [0.25, 0.3) is 0 Å². The smallest absolute Gasteiger partial charge is 0.309 e. The summed E-state index contributed by atoms with van der Waals surface area (Å²) >= 11 is 0. The number of carbonyl (C=O) groups excluding carboxylic acids is 3. The SMILES string of the molecule is CCOC(=O)C1CCN(C(=O)COC(=O)CCOc2ccccc2OC)CC1. The highest BCUT2D eigenvalue weighted by atomic mass is 16.5. The summed E-state index contributed by atoms with van der Waals surface area (Å²) in [5.74, 6) is -0.0312. The minimum Gasteiger partial charge on any atom is -0.493 e. The van der Waals surface area contributed by atoms with E-state index in [1.165, 1.54) is 7.11 Å². The van der Waals surface area contributed by atoms with E-state index in [-0.39, 0.29) is 37.4 Å². The Hall–Kier alpha value is -2.77. The Bertz CT molecular complexity index is 668. The number of carbonyl (C=O) groups is 3. The molecule has 1 heterocycles. The molecule has 0 saturated carbocycles. The zero-order chi connectivity index (χ0) is 20.4. The molecular weight excluding hydrogens is 366 g/mol. The minimum atomic E-state index is -0.510. The predicted octanol–water partition coefficient (Wildman–Crippen LogP) is 1.81. The molecule has 0 aliphatic carbocycles. The fourth-order valence-corrected chi connectivity index (χ4v) is 2.91. The van der Waals surface area contributed by atoms with E-state index in [2.05, 4.69) is 0 Å². The van der Waals surface area contributed by atoms with Gasteiger partial charge in [-0.1, -0.05) is 12.1 Å². The van der Waals surface area contributed by atoms with E-state index in [9.17, 15) is 14.4 Å². The van der Waals surface area contributed by atoms with Crippen molar-refractivity contribution in [1.29, 1.82) is 0 Å². The maximum absolute atomic E-state index is 12.2. The van der Waals surface area contributed by atoms with Gasteiger partial charge in [0.05, 0.1) is 32.7 Å². The summed E-state index contributed by atoms with van der Waals surface area (Å²) in [6, 6.07) is 7.13. The minimum absolute atomic E-state index is 0.0241. The molecule has 1 aromatic rings. The number of likely N-dealkylation sites (tertiary alicyclic amines) is 1. The molecule has 154 valence electrons. The van der Waals surface area contributed by atoms with Crippen LogP contribution in [0.5, 0.6) is 11.5 Å². The van der Waals surface area contributed by atoms with Crippen LogP contribution in [0.3, 0.4) is 0 Å². The third-order valence-electron chi connectivity index (χ3n) is 4.46. The third-order valence-corrected chi connectivity index (χ3v) is 4.46. The Morgan fingerprint density at radius 1 is 1.07 bits per heavy atom. The van der Waals surface area contributed by atoms with Crippen LogP contribution in [0, 0.1) is 5.92 Å². The normalized spacial score (nSPS) is 14.3. The summed E-state index contributed by atoms with van der Waals surface area (Å²) in [6.45, 7) is 2.85. The van der Waals surface area contributed by atoms with Crippen LogP contribution in [0.2, 0.25) is 0 Å². The molecule has 28 heavy (non-hydrogen) atoms. The van der Waals surface area contributed by atoms with E-state index in [0.29, 0.717) is 44.0 Å². The van der Waals surface area contributed by atoms with Crippen LogP contribution in [0.15, 0.2) is 24.3 Å². The standard InChI is InChI=1S/C20H27NO7/c1-3-26-20(24)15-8-11-21(12-9-15)18(22)14-28-19(23)10-13-27-17-7-5-4-6-16(17)25-2/h4-7,15H,3,8-14H2,1-2H3. The van der Waals surface area contributed by atoms with Gasteiger partial charge in [0.15, 0.2) is 18.1 Å². The molecule has 0 radical (unpaired) electrons. The topological polar surface area (TPSA) is 91.4 Å². The second kappa shape index (κ2) is 11.2. The summed E-state index contributed by atoms with van der Waals surface area (Å²) in [7, 11) is 1.54. The number of esters is 2. The number of methoxy groups -OCH3 is 1. The van der Waals surface area contributed by atoms with Crippen LogP contribution in [0.1, 0.15) is 26.2 Å². The van der Waals surface area contributed by atoms with Gasteiger partial charge in [0.1, 0.15) is 0 Å². The van der Waals surface area contributed by atoms with E-state index < -0.39 is 5.97 Å². The molecule has 1 aliphatic heterocycles. The third kappa shape index (κ3) is 6.44. The largest absolute Gasteiger partial charge is 0.493 e. The zero-order valence-electron chi connectivity index (χ0n) is 16.3. The van der Waals surface area contributed by atoms with E-state index >= 15 is 0 Å². The Labute approximate surface area is 164 Å². The van der Waals surface area contributed by atoms with Crippen molar-refractivity contribution < 1.29 is 33.3 Å². The summed E-state index contributed by atoms with van der Waals surface area (Å²) in [5.41, 5.74) is 0. The van der Waals surface area contributed by atoms with E-state index in [0.717, 1.165) is 0 Å². The molecule has 1 aromatic carbocycles. The zero-order valence-corrected chi connectivity index (χ0v) is 16.3. The maximum Gasteiger partial charge on any atom is 0.309 e. The summed E-state index contributed by atoms with van der Waals surface area (Å²) in [6.07, 6.45) is 1.15. The van der Waals surface area contributed by atoms with Crippen LogP contribution in [-0.4, -0.2) is 62.8 Å². The van der Waals surface area contributed by atoms with Gasteiger partial charge in [0.25, 0.3) is 5.91 Å². The van der Waals surface area contributed by atoms with Crippen molar-refractivity contribution in [2.75, 3.05) is 40.0 Å². The molecule has 2 rings (SSSR count). The summed E-state index contributed by atoms with van der Waals surface area (Å²) in [5, 5.41) is 0. The fourth-order valence-electron chi connectivity index (χ4n) is 2.91. The fraction of sp³-hybridized carbons (Fsp3) is 0.550. The molecule has 1 aliphatic rings. The van der Waals surface area contributed by atoms with Gasteiger partial charge in [-0.2, -0.15) is 0 Å². The molecule has 8 heteroatoms. The number of para-hydroxylation sites is 2. The first kappa shape index (κ1) is 21.5. The first-order valence-corrected chi connectivity index (χ1v) is 9.41. The Morgan fingerprint density at radius 2 is 1.75 bits per heavy atom. The van der Waals surface area contributed by atoms with Crippen molar-refractivity contribution in [2.45, 2.75) is 26.2 Å². The average molecular weight is 393 g/mol. The highest BCUT2D eigenvalue weighted by Gasteiger charge is 2.28. The predicted molar refractivity (Wildman–Crippen MR) is 100 cm³/mol.